The van der Waals surface area contributed by atoms with Crippen LogP contribution in [0.4, 0.5) is 17.1 Å². The maximum atomic E-state index is 2.79. The van der Waals surface area contributed by atoms with E-state index >= 15 is 0 Å². The lowest BCUT2D eigenvalue weighted by Gasteiger charge is -2.44. The van der Waals surface area contributed by atoms with E-state index in [2.05, 4.69) is 498 Å². The van der Waals surface area contributed by atoms with Crippen molar-refractivity contribution in [2.45, 2.75) is 88.3 Å². The summed E-state index contributed by atoms with van der Waals surface area (Å²) in [5.74, 6) is 0. The van der Waals surface area contributed by atoms with E-state index < -0.39 is 24.2 Å². The Bertz CT molecular complexity index is 6470. The SMILES string of the molecule is CC(C)(C)c1cc(-c2ccccc2)cc([Si](c2ccccc2)(c2ccccc2)c2ccc3c(c2)Sc2cc([Si](c4ccccc4)(c4ccccc4)c4cccc(-c5ccccc5)c4)cc4c2B3c2ccc([Si](c3ccccc3)(c3ccccc3)c3cc(-c5ccccc5)cc(C(C)(C)C)c3)cc2N4c2ccc(C(C)(C)C)cc2-c2ccccc2)c1. The first kappa shape index (κ1) is 77.5. The van der Waals surface area contributed by atoms with Crippen LogP contribution in [0.1, 0.15) is 79.0 Å². The summed E-state index contributed by atoms with van der Waals surface area (Å²) >= 11 is 1.99. The van der Waals surface area contributed by atoms with Gasteiger partial charge in [-0.1, -0.05) is 474 Å². The fraction of sp³-hybridized carbons (Fsp3) is 0.105. The van der Waals surface area contributed by atoms with Crippen LogP contribution in [0.15, 0.2) is 441 Å². The minimum atomic E-state index is -3.48. The Balaban J connectivity index is 0.981. The summed E-state index contributed by atoms with van der Waals surface area (Å²) in [6.45, 7) is 21.2. The zero-order valence-corrected chi connectivity index (χ0v) is 73.7. The molecule has 2 heterocycles. The molecule has 0 saturated heterocycles. The third-order valence-electron chi connectivity index (χ3n) is 25.6. The molecular weight excluding hydrogens is 1510 g/mol. The number of fused-ring (bicyclic) bond motifs is 4. The number of benzene rings is 17. The number of rotatable bonds is 17. The van der Waals surface area contributed by atoms with Gasteiger partial charge in [0.25, 0.3) is 0 Å². The minimum Gasteiger partial charge on any atom is -0.311 e. The van der Waals surface area contributed by atoms with Crippen molar-refractivity contribution in [2.75, 3.05) is 4.90 Å². The van der Waals surface area contributed by atoms with Gasteiger partial charge < -0.3 is 4.90 Å². The molecule has 0 amide bonds. The van der Waals surface area contributed by atoms with Crippen molar-refractivity contribution >= 4 is 138 Å². The van der Waals surface area contributed by atoms with Crippen molar-refractivity contribution < 1.29 is 0 Å². The molecule has 0 unspecified atom stereocenters. The lowest BCUT2D eigenvalue weighted by atomic mass is 9.35. The maximum absolute atomic E-state index is 3.48. The van der Waals surface area contributed by atoms with E-state index in [0.29, 0.717) is 0 Å². The Morgan fingerprint density at radius 3 is 0.933 bits per heavy atom. The molecule has 6 heteroatoms. The zero-order valence-electron chi connectivity index (χ0n) is 69.9. The molecule has 1 nitrogen and oxygen atoms in total. The molecule has 580 valence electrons. The van der Waals surface area contributed by atoms with Crippen LogP contribution in [0.5, 0.6) is 0 Å². The van der Waals surface area contributed by atoms with Crippen LogP contribution in [-0.2, 0) is 16.2 Å². The molecule has 2 aliphatic heterocycles. The first-order valence-electron chi connectivity index (χ1n) is 42.5. The zero-order chi connectivity index (χ0) is 82.0. The number of nitrogens with zero attached hydrogens (tertiary/aromatic N) is 1. The highest BCUT2D eigenvalue weighted by molar-refractivity contribution is 8.00. The molecule has 17 aromatic carbocycles. The summed E-state index contributed by atoms with van der Waals surface area (Å²) in [7, 11) is -10.3. The molecule has 0 N–H and O–H groups in total. The molecule has 17 aromatic rings. The monoisotopic (exact) mass is 1610 g/mol. The van der Waals surface area contributed by atoms with E-state index in [1.165, 1.54) is 161 Å². The molecule has 0 spiro atoms. The molecule has 19 rings (SSSR count). The quantitative estimate of drug-likeness (QED) is 0.0660. The van der Waals surface area contributed by atoms with E-state index in [1.54, 1.807) is 0 Å². The van der Waals surface area contributed by atoms with Crippen LogP contribution < -0.4 is 83.5 Å². The number of hydrogen-bond acceptors (Lipinski definition) is 2. The van der Waals surface area contributed by atoms with Crippen LogP contribution in [0, 0.1) is 0 Å². The van der Waals surface area contributed by atoms with Gasteiger partial charge in [0, 0.05) is 26.7 Å². The average Bonchev–Trinajstić information content (AvgIpc) is 0.685. The summed E-state index contributed by atoms with van der Waals surface area (Å²) in [5.41, 5.74) is 20.4. The van der Waals surface area contributed by atoms with Gasteiger partial charge in [-0.3, -0.25) is 0 Å². The Labute approximate surface area is 718 Å². The van der Waals surface area contributed by atoms with Crippen molar-refractivity contribution in [1.29, 1.82) is 0 Å². The van der Waals surface area contributed by atoms with Gasteiger partial charge in [0.1, 0.15) is 0 Å². The van der Waals surface area contributed by atoms with Crippen molar-refractivity contribution in [3.63, 3.8) is 0 Å². The van der Waals surface area contributed by atoms with Crippen molar-refractivity contribution in [3.05, 3.63) is 447 Å². The molecular formula is C114H98BNSSi3. The predicted molar refractivity (Wildman–Crippen MR) is 525 cm³/mol. The van der Waals surface area contributed by atoms with Gasteiger partial charge in [-0.05, 0) is 181 Å². The van der Waals surface area contributed by atoms with Crippen LogP contribution >= 0.6 is 11.8 Å². The van der Waals surface area contributed by atoms with Gasteiger partial charge in [0.2, 0.25) is 6.71 Å². The normalized spacial score (nSPS) is 12.8. The van der Waals surface area contributed by atoms with Crippen LogP contribution in [0.25, 0.3) is 44.5 Å². The van der Waals surface area contributed by atoms with Crippen LogP contribution in [-0.4, -0.2) is 30.9 Å². The molecule has 0 bridgehead atoms. The Hall–Kier alpha value is -12.4. The van der Waals surface area contributed by atoms with E-state index in [0.717, 1.165) is 5.69 Å². The maximum Gasteiger partial charge on any atom is 0.249 e. The van der Waals surface area contributed by atoms with Crippen LogP contribution in [0.3, 0.4) is 0 Å². The second kappa shape index (κ2) is 31.4. The largest absolute Gasteiger partial charge is 0.311 e. The Morgan fingerprint density at radius 1 is 0.208 bits per heavy atom. The van der Waals surface area contributed by atoms with E-state index in [1.807, 2.05) is 11.8 Å². The first-order chi connectivity index (χ1) is 58.4. The molecule has 0 fully saturated rings. The lowest BCUT2D eigenvalue weighted by molar-refractivity contribution is 0.590. The Kier molecular flexibility index (Phi) is 20.3. The smallest absolute Gasteiger partial charge is 0.249 e. The molecule has 0 aromatic heterocycles. The fourth-order valence-electron chi connectivity index (χ4n) is 19.6. The third kappa shape index (κ3) is 13.7. The van der Waals surface area contributed by atoms with E-state index in [4.69, 9.17) is 0 Å². The standard InChI is InChI=1S/C114H98BNSSi3/c1-112(2,3)88-63-68-106(103(76-88)84-47-26-13-27-48-84)116-107-77-98(119(93-54-32-16-33-55-93,94-56-34-17-35-57-94)100-72-86(82-43-22-11-23-44-82)69-89(74-100)113(4,5)6)64-66-104(107)115-105-67-65-99(120(95-58-36-18-37-59-95,96-60-38-19-39-61-96)101-73-87(83-45-24-12-25-46-83)70-90(75-101)114(7,8)9)79-109(105)117-110-80-102(78-108(116)111(110)115)118(91-50-28-14-29-51-91,92-52-30-15-31-53-92)97-62-40-49-85(71-97)81-41-20-10-21-42-81/h10-80H,1-9H3. The van der Waals surface area contributed by atoms with E-state index in [-0.39, 0.29) is 23.0 Å². The molecule has 0 saturated carbocycles. The Morgan fingerprint density at radius 2 is 0.525 bits per heavy atom. The van der Waals surface area contributed by atoms with Gasteiger partial charge >= 0.3 is 0 Å². The molecule has 0 aliphatic carbocycles. The van der Waals surface area contributed by atoms with E-state index in [9.17, 15) is 0 Å². The fourth-order valence-corrected chi connectivity index (χ4v) is 35.5. The highest BCUT2D eigenvalue weighted by Crippen LogP contribution is 2.47. The van der Waals surface area contributed by atoms with Crippen molar-refractivity contribution in [1.82, 2.24) is 0 Å². The lowest BCUT2D eigenvalue weighted by Crippen LogP contribution is -2.75. The van der Waals surface area contributed by atoms with Gasteiger partial charge in [-0.2, -0.15) is 0 Å². The summed E-state index contributed by atoms with van der Waals surface area (Å²) in [4.78, 5) is 5.33. The first-order valence-corrected chi connectivity index (χ1v) is 49.3. The van der Waals surface area contributed by atoms with Crippen LogP contribution in [0.2, 0.25) is 0 Å². The van der Waals surface area contributed by atoms with Crippen molar-refractivity contribution in [2.24, 2.45) is 0 Å². The van der Waals surface area contributed by atoms with Gasteiger partial charge in [-0.25, -0.2) is 0 Å². The topological polar surface area (TPSA) is 3.24 Å². The number of anilines is 3. The predicted octanol–water partition coefficient (Wildman–Crippen LogP) is 19.1. The van der Waals surface area contributed by atoms with Crippen molar-refractivity contribution in [3.8, 4) is 44.5 Å². The highest BCUT2D eigenvalue weighted by Gasteiger charge is 2.51. The number of hydrogen-bond donors (Lipinski definition) is 0. The average molecular weight is 1610 g/mol. The summed E-state index contributed by atoms with van der Waals surface area (Å²) in [5, 5.41) is 16.0. The second-order valence-corrected chi connectivity index (χ2v) is 48.4. The highest BCUT2D eigenvalue weighted by atomic mass is 32.2. The third-order valence-corrected chi connectivity index (χ3v) is 40.9. The minimum absolute atomic E-state index is 0.163. The van der Waals surface area contributed by atoms with Gasteiger partial charge in [-0.15, -0.1) is 0 Å². The van der Waals surface area contributed by atoms with Gasteiger partial charge in [0.15, 0.2) is 24.2 Å². The molecule has 0 atom stereocenters. The molecule has 120 heavy (non-hydrogen) atoms. The summed E-state index contributed by atoms with van der Waals surface area (Å²) in [6.07, 6.45) is 0. The van der Waals surface area contributed by atoms with Gasteiger partial charge in [0.05, 0.1) is 5.69 Å². The molecule has 2 aliphatic rings. The summed E-state index contributed by atoms with van der Waals surface area (Å²) < 4.78 is 0. The second-order valence-electron chi connectivity index (χ2n) is 35.9. The summed E-state index contributed by atoms with van der Waals surface area (Å²) in [6, 6.07) is 168. The molecule has 0 radical (unpaired) electrons.